The van der Waals surface area contributed by atoms with Crippen LogP contribution in [0.1, 0.15) is 29.4 Å². The van der Waals surface area contributed by atoms with Crippen LogP contribution < -0.4 is 10.6 Å². The van der Waals surface area contributed by atoms with Crippen LogP contribution in [0.2, 0.25) is 0 Å². The Hall–Kier alpha value is -3.16. The van der Waals surface area contributed by atoms with Gasteiger partial charge in [0.25, 0.3) is 0 Å². The fourth-order valence-corrected chi connectivity index (χ4v) is 2.88. The van der Waals surface area contributed by atoms with Crippen molar-refractivity contribution in [1.29, 1.82) is 0 Å². The van der Waals surface area contributed by atoms with Gasteiger partial charge in [-0.2, -0.15) is 10.2 Å². The third-order valence-corrected chi connectivity index (χ3v) is 4.13. The van der Waals surface area contributed by atoms with E-state index in [0.717, 1.165) is 22.5 Å². The van der Waals surface area contributed by atoms with Gasteiger partial charge in [-0.25, -0.2) is 13.9 Å². The molecule has 8 heteroatoms. The second-order valence-electron chi connectivity index (χ2n) is 6.71. The van der Waals surface area contributed by atoms with Gasteiger partial charge in [0.05, 0.1) is 18.4 Å². The Morgan fingerprint density at radius 3 is 2.85 bits per heavy atom. The summed E-state index contributed by atoms with van der Waals surface area (Å²) in [5, 5.41) is 17.1. The van der Waals surface area contributed by atoms with Gasteiger partial charge >= 0.3 is 6.03 Å². The van der Waals surface area contributed by atoms with Crippen LogP contribution in [0.3, 0.4) is 0 Å². The Bertz CT molecular complexity index is 932. The number of hydrogen-bond acceptors (Lipinski definition) is 3. The number of urea groups is 1. The summed E-state index contributed by atoms with van der Waals surface area (Å²) in [5.41, 5.74) is 3.48. The van der Waals surface area contributed by atoms with E-state index in [1.54, 1.807) is 16.9 Å². The molecule has 0 radical (unpaired) electrons. The maximum absolute atomic E-state index is 13.4. The summed E-state index contributed by atoms with van der Waals surface area (Å²) in [4.78, 5) is 12.4. The Balaban J connectivity index is 1.62. The lowest BCUT2D eigenvalue weighted by molar-refractivity contribution is 0.249. The van der Waals surface area contributed by atoms with E-state index in [4.69, 9.17) is 0 Å². The third-order valence-electron chi connectivity index (χ3n) is 4.13. The highest BCUT2D eigenvalue weighted by Gasteiger charge is 2.14. The summed E-state index contributed by atoms with van der Waals surface area (Å²) < 4.78 is 15.0. The topological polar surface area (TPSA) is 87.6 Å². The highest BCUT2D eigenvalue weighted by molar-refractivity contribution is 5.89. The largest absolute Gasteiger partial charge is 0.335 e. The quantitative estimate of drug-likeness (QED) is 0.623. The fourth-order valence-electron chi connectivity index (χ4n) is 2.88. The average Bonchev–Trinajstić information content (AvgIpc) is 3.14. The first-order valence-electron chi connectivity index (χ1n) is 8.76. The number of aryl methyl sites for hydroxylation is 2. The number of hydrogen-bond donors (Lipinski definition) is 3. The zero-order valence-corrected chi connectivity index (χ0v) is 15.6. The van der Waals surface area contributed by atoms with E-state index in [9.17, 15) is 9.18 Å². The highest BCUT2D eigenvalue weighted by Crippen LogP contribution is 2.16. The fraction of sp³-hybridized carbons (Fsp3) is 0.316. The molecule has 0 aliphatic rings. The van der Waals surface area contributed by atoms with Crippen molar-refractivity contribution in [2.75, 3.05) is 5.32 Å². The molecule has 0 fully saturated rings. The molecule has 7 nitrogen and oxygen atoms in total. The average molecular weight is 370 g/mol. The minimum Gasteiger partial charge on any atom is -0.335 e. The molecule has 3 N–H and O–H groups in total. The predicted octanol–water partition coefficient (Wildman–Crippen LogP) is 3.16. The van der Waals surface area contributed by atoms with Crippen LogP contribution in [-0.2, 0) is 13.0 Å². The molecule has 0 spiro atoms. The van der Waals surface area contributed by atoms with Gasteiger partial charge in [-0.15, -0.1) is 0 Å². The molecule has 2 amide bonds. The molecule has 0 bridgehead atoms. The minimum atomic E-state index is -0.321. The van der Waals surface area contributed by atoms with Crippen LogP contribution in [0.4, 0.5) is 15.0 Å². The van der Waals surface area contributed by atoms with Gasteiger partial charge in [-0.1, -0.05) is 12.1 Å². The van der Waals surface area contributed by atoms with E-state index in [1.165, 1.54) is 12.1 Å². The van der Waals surface area contributed by atoms with Crippen molar-refractivity contribution >= 4 is 11.8 Å². The number of rotatable bonds is 6. The van der Waals surface area contributed by atoms with Crippen LogP contribution in [0.5, 0.6) is 0 Å². The number of nitrogens with zero attached hydrogens (tertiary/aromatic N) is 3. The minimum absolute atomic E-state index is 0.0902. The first-order chi connectivity index (χ1) is 12.9. The van der Waals surface area contributed by atoms with Crippen LogP contribution >= 0.6 is 0 Å². The second kappa shape index (κ2) is 8.03. The second-order valence-corrected chi connectivity index (χ2v) is 6.71. The molecule has 0 unspecified atom stereocenters. The maximum atomic E-state index is 13.4. The molecule has 1 aromatic carbocycles. The zero-order chi connectivity index (χ0) is 19.4. The van der Waals surface area contributed by atoms with Gasteiger partial charge < -0.3 is 5.32 Å². The van der Waals surface area contributed by atoms with Gasteiger partial charge in [0.15, 0.2) is 0 Å². The van der Waals surface area contributed by atoms with Gasteiger partial charge in [0.2, 0.25) is 0 Å². The Labute approximate surface area is 157 Å². The first kappa shape index (κ1) is 18.6. The van der Waals surface area contributed by atoms with Gasteiger partial charge in [-0.3, -0.25) is 10.4 Å². The summed E-state index contributed by atoms with van der Waals surface area (Å²) in [7, 11) is 0. The van der Waals surface area contributed by atoms with Crippen LogP contribution in [0, 0.1) is 19.7 Å². The molecule has 0 aliphatic heterocycles. The van der Waals surface area contributed by atoms with Crippen molar-refractivity contribution in [3.05, 3.63) is 64.9 Å². The monoisotopic (exact) mass is 370 g/mol. The molecule has 142 valence electrons. The van der Waals surface area contributed by atoms with Crippen LogP contribution in [-0.4, -0.2) is 32.1 Å². The number of carbonyl (C=O) groups is 1. The summed E-state index contributed by atoms with van der Waals surface area (Å²) in [6.45, 7) is 6.08. The number of nitrogens with one attached hydrogen (secondary N) is 3. The number of halogens is 1. The van der Waals surface area contributed by atoms with Crippen molar-refractivity contribution in [2.24, 2.45) is 0 Å². The maximum Gasteiger partial charge on any atom is 0.320 e. The number of carbonyl (C=O) groups excluding carboxylic acids is 1. The van der Waals surface area contributed by atoms with E-state index in [1.807, 2.05) is 32.9 Å². The number of aromatic amines is 1. The molecule has 0 saturated heterocycles. The van der Waals surface area contributed by atoms with Crippen molar-refractivity contribution in [1.82, 2.24) is 25.3 Å². The molecule has 2 heterocycles. The Morgan fingerprint density at radius 2 is 2.15 bits per heavy atom. The molecule has 2 aromatic heterocycles. The SMILES string of the molecule is Cc1cc(C[C@H](C)NC(=O)Nc2c(C)cnn2Cc2cccc(F)c2)n[nH]1. The summed E-state index contributed by atoms with van der Waals surface area (Å²) >= 11 is 0. The smallest absolute Gasteiger partial charge is 0.320 e. The lowest BCUT2D eigenvalue weighted by Crippen LogP contribution is -2.38. The molecule has 0 aliphatic carbocycles. The number of aromatic nitrogens is 4. The normalized spacial score (nSPS) is 12.0. The van der Waals surface area contributed by atoms with E-state index < -0.39 is 0 Å². The number of anilines is 1. The summed E-state index contributed by atoms with van der Waals surface area (Å²) in [6, 6.07) is 7.86. The van der Waals surface area contributed by atoms with Crippen LogP contribution in [0.25, 0.3) is 0 Å². The van der Waals surface area contributed by atoms with E-state index >= 15 is 0 Å². The Morgan fingerprint density at radius 1 is 1.33 bits per heavy atom. The highest BCUT2D eigenvalue weighted by atomic mass is 19.1. The molecule has 0 saturated carbocycles. The number of amides is 2. The lowest BCUT2D eigenvalue weighted by Gasteiger charge is -2.15. The molecule has 3 aromatic rings. The zero-order valence-electron chi connectivity index (χ0n) is 15.6. The van der Waals surface area contributed by atoms with Crippen molar-refractivity contribution in [3.63, 3.8) is 0 Å². The first-order valence-corrected chi connectivity index (χ1v) is 8.76. The lowest BCUT2D eigenvalue weighted by atomic mass is 10.2. The van der Waals surface area contributed by atoms with E-state index in [2.05, 4.69) is 25.9 Å². The van der Waals surface area contributed by atoms with E-state index in [-0.39, 0.29) is 17.9 Å². The number of H-pyrrole nitrogens is 1. The van der Waals surface area contributed by atoms with Crippen molar-refractivity contribution in [2.45, 2.75) is 39.8 Å². The van der Waals surface area contributed by atoms with Gasteiger partial charge in [0, 0.05) is 23.7 Å². The summed E-state index contributed by atoms with van der Waals surface area (Å²) in [5.74, 6) is 0.283. The number of benzene rings is 1. The van der Waals surface area contributed by atoms with Crippen molar-refractivity contribution < 1.29 is 9.18 Å². The predicted molar refractivity (Wildman–Crippen MR) is 101 cm³/mol. The molecular formula is C19H23FN6O. The third kappa shape index (κ3) is 4.93. The van der Waals surface area contributed by atoms with Gasteiger partial charge in [-0.05, 0) is 44.5 Å². The molecule has 27 heavy (non-hydrogen) atoms. The van der Waals surface area contributed by atoms with Crippen molar-refractivity contribution in [3.8, 4) is 0 Å². The molecular weight excluding hydrogens is 347 g/mol. The Kier molecular flexibility index (Phi) is 5.54. The van der Waals surface area contributed by atoms with E-state index in [0.29, 0.717) is 18.8 Å². The molecule has 3 rings (SSSR count). The van der Waals surface area contributed by atoms with Crippen LogP contribution in [0.15, 0.2) is 36.5 Å². The standard InChI is InChI=1S/C19H23FN6O/c1-12-10-21-26(11-15-5-4-6-16(20)9-15)18(12)23-19(27)22-13(2)7-17-8-14(3)24-25-17/h4-6,8-10,13H,7,11H2,1-3H3,(H,24,25)(H2,22,23,27)/t13-/m0/s1. The molecule has 1 atom stereocenters. The van der Waals surface area contributed by atoms with Gasteiger partial charge in [0.1, 0.15) is 11.6 Å². The summed E-state index contributed by atoms with van der Waals surface area (Å²) in [6.07, 6.45) is 2.30.